The second-order valence-corrected chi connectivity index (χ2v) is 7.48. The Morgan fingerprint density at radius 2 is 2.20 bits per heavy atom. The van der Waals surface area contributed by atoms with Gasteiger partial charge in [-0.25, -0.2) is 13.4 Å². The molecular formula is C12H12ClN3O3S. The maximum absolute atomic E-state index is 12.1. The molecule has 6 nitrogen and oxygen atoms in total. The van der Waals surface area contributed by atoms with Crippen molar-refractivity contribution >= 4 is 33.0 Å². The van der Waals surface area contributed by atoms with E-state index in [0.29, 0.717) is 17.1 Å². The number of carbonyl (C=O) groups excluding carboxylic acids is 1. The molecule has 106 valence electrons. The van der Waals surface area contributed by atoms with E-state index in [9.17, 15) is 13.2 Å². The fourth-order valence-corrected chi connectivity index (χ4v) is 4.08. The average Bonchev–Trinajstić information content (AvgIpc) is 2.92. The van der Waals surface area contributed by atoms with Gasteiger partial charge in [-0.3, -0.25) is 4.79 Å². The number of sulfone groups is 1. The van der Waals surface area contributed by atoms with Crippen LogP contribution in [0, 0.1) is 0 Å². The highest BCUT2D eigenvalue weighted by atomic mass is 35.5. The van der Waals surface area contributed by atoms with Gasteiger partial charge in [-0.05, 0) is 18.6 Å². The highest BCUT2D eigenvalue weighted by Gasteiger charge is 2.29. The van der Waals surface area contributed by atoms with Crippen molar-refractivity contribution in [3.05, 3.63) is 35.2 Å². The minimum Gasteiger partial charge on any atom is -0.347 e. The Kier molecular flexibility index (Phi) is 3.18. The Morgan fingerprint density at radius 1 is 1.40 bits per heavy atom. The number of fused-ring (bicyclic) bond motifs is 1. The molecule has 0 bridgehead atoms. The summed E-state index contributed by atoms with van der Waals surface area (Å²) >= 11 is 5.86. The van der Waals surface area contributed by atoms with Crippen molar-refractivity contribution in [2.75, 3.05) is 11.5 Å². The van der Waals surface area contributed by atoms with Gasteiger partial charge in [0.25, 0.3) is 5.91 Å². The molecule has 0 unspecified atom stereocenters. The van der Waals surface area contributed by atoms with E-state index in [1.54, 1.807) is 28.9 Å². The molecule has 0 aromatic carbocycles. The van der Waals surface area contributed by atoms with Crippen LogP contribution in [0.5, 0.6) is 0 Å². The molecule has 3 rings (SSSR count). The van der Waals surface area contributed by atoms with Crippen LogP contribution >= 0.6 is 11.6 Å². The van der Waals surface area contributed by atoms with E-state index in [-0.39, 0.29) is 29.1 Å². The van der Waals surface area contributed by atoms with Crippen LogP contribution in [0.25, 0.3) is 5.65 Å². The fraction of sp³-hybridized carbons (Fsp3) is 0.333. The van der Waals surface area contributed by atoms with E-state index in [4.69, 9.17) is 11.6 Å². The van der Waals surface area contributed by atoms with Gasteiger partial charge in [0.05, 0.1) is 16.5 Å². The number of amides is 1. The average molecular weight is 314 g/mol. The molecule has 0 saturated carbocycles. The van der Waals surface area contributed by atoms with Crippen LogP contribution in [0.1, 0.15) is 16.9 Å². The first kappa shape index (κ1) is 13.4. The molecule has 0 radical (unpaired) electrons. The number of halogens is 1. The van der Waals surface area contributed by atoms with Crippen LogP contribution in [-0.2, 0) is 9.84 Å². The maximum Gasteiger partial charge on any atom is 0.271 e. The van der Waals surface area contributed by atoms with Gasteiger partial charge >= 0.3 is 0 Å². The number of nitrogens with one attached hydrogen (secondary N) is 1. The summed E-state index contributed by atoms with van der Waals surface area (Å²) in [5.41, 5.74) is 0.857. The van der Waals surface area contributed by atoms with Gasteiger partial charge in [0.1, 0.15) is 11.3 Å². The van der Waals surface area contributed by atoms with E-state index in [0.717, 1.165) is 0 Å². The van der Waals surface area contributed by atoms with Gasteiger partial charge < -0.3 is 9.72 Å². The van der Waals surface area contributed by atoms with Crippen LogP contribution in [-0.4, -0.2) is 41.3 Å². The molecule has 1 aliphatic heterocycles. The monoisotopic (exact) mass is 313 g/mol. The van der Waals surface area contributed by atoms with Crippen LogP contribution in [0.2, 0.25) is 5.02 Å². The Bertz CT molecular complexity index is 784. The Balaban J connectivity index is 1.79. The van der Waals surface area contributed by atoms with Crippen molar-refractivity contribution in [1.82, 2.24) is 14.7 Å². The molecule has 1 N–H and O–H groups in total. The smallest absolute Gasteiger partial charge is 0.271 e. The second kappa shape index (κ2) is 4.75. The normalized spacial score (nSPS) is 21.1. The molecule has 8 heteroatoms. The highest BCUT2D eigenvalue weighted by molar-refractivity contribution is 7.91. The molecule has 0 spiro atoms. The zero-order chi connectivity index (χ0) is 14.3. The first-order chi connectivity index (χ1) is 9.43. The first-order valence-electron chi connectivity index (χ1n) is 6.08. The lowest BCUT2D eigenvalue weighted by Crippen LogP contribution is -2.35. The molecule has 1 amide bonds. The molecule has 1 fully saturated rings. The number of hydrogen-bond acceptors (Lipinski definition) is 4. The fourth-order valence-electron chi connectivity index (χ4n) is 2.24. The number of carbonyl (C=O) groups is 1. The largest absolute Gasteiger partial charge is 0.347 e. The molecule has 0 aliphatic carbocycles. The summed E-state index contributed by atoms with van der Waals surface area (Å²) in [6, 6.07) is 3.06. The molecular weight excluding hydrogens is 302 g/mol. The Labute approximate surface area is 120 Å². The van der Waals surface area contributed by atoms with Crippen molar-refractivity contribution in [2.24, 2.45) is 0 Å². The second-order valence-electron chi connectivity index (χ2n) is 4.81. The molecule has 1 aliphatic rings. The van der Waals surface area contributed by atoms with Crippen molar-refractivity contribution < 1.29 is 13.2 Å². The summed E-state index contributed by atoms with van der Waals surface area (Å²) < 4.78 is 24.4. The Morgan fingerprint density at radius 3 is 2.90 bits per heavy atom. The lowest BCUT2D eigenvalue weighted by atomic mass is 10.2. The molecule has 3 heterocycles. The van der Waals surface area contributed by atoms with Crippen LogP contribution < -0.4 is 5.32 Å². The number of pyridine rings is 1. The lowest BCUT2D eigenvalue weighted by Gasteiger charge is -2.08. The third kappa shape index (κ3) is 2.64. The summed E-state index contributed by atoms with van der Waals surface area (Å²) in [5, 5.41) is 3.24. The van der Waals surface area contributed by atoms with E-state index in [1.165, 1.54) is 0 Å². The summed E-state index contributed by atoms with van der Waals surface area (Å²) in [7, 11) is -3.01. The predicted molar refractivity (Wildman–Crippen MR) is 74.7 cm³/mol. The number of aromatic nitrogens is 2. The van der Waals surface area contributed by atoms with Gasteiger partial charge in [-0.2, -0.15) is 0 Å². The van der Waals surface area contributed by atoms with E-state index < -0.39 is 9.84 Å². The summed E-state index contributed by atoms with van der Waals surface area (Å²) in [4.78, 5) is 16.2. The number of rotatable bonds is 2. The minimum absolute atomic E-state index is 0.00204. The van der Waals surface area contributed by atoms with E-state index in [2.05, 4.69) is 10.3 Å². The van der Waals surface area contributed by atoms with Crippen LogP contribution in [0.4, 0.5) is 0 Å². The topological polar surface area (TPSA) is 80.5 Å². The molecule has 20 heavy (non-hydrogen) atoms. The van der Waals surface area contributed by atoms with Crippen molar-refractivity contribution in [2.45, 2.75) is 12.5 Å². The number of hydrogen-bond donors (Lipinski definition) is 1. The van der Waals surface area contributed by atoms with Gasteiger partial charge in [0.15, 0.2) is 9.84 Å². The quantitative estimate of drug-likeness (QED) is 0.893. The maximum atomic E-state index is 12.1. The SMILES string of the molecule is O=C(N[C@H]1CCS(=O)(=O)C1)c1cn2cc(Cl)ccc2n1. The first-order valence-corrected chi connectivity index (χ1v) is 8.28. The number of nitrogens with zero attached hydrogens (tertiary/aromatic N) is 2. The van der Waals surface area contributed by atoms with Crippen LogP contribution in [0.3, 0.4) is 0 Å². The molecule has 1 atom stereocenters. The van der Waals surface area contributed by atoms with Crippen molar-refractivity contribution in [3.63, 3.8) is 0 Å². The zero-order valence-corrected chi connectivity index (χ0v) is 12.0. The zero-order valence-electron chi connectivity index (χ0n) is 10.4. The third-order valence-corrected chi connectivity index (χ3v) is 5.21. The summed E-state index contributed by atoms with van der Waals surface area (Å²) in [5.74, 6) is -0.247. The predicted octanol–water partition coefficient (Wildman–Crippen LogP) is 0.905. The minimum atomic E-state index is -3.01. The number of imidazole rings is 1. The van der Waals surface area contributed by atoms with Gasteiger partial charge in [0.2, 0.25) is 0 Å². The van der Waals surface area contributed by atoms with E-state index >= 15 is 0 Å². The summed E-state index contributed by atoms with van der Waals surface area (Å²) in [6.07, 6.45) is 3.67. The summed E-state index contributed by atoms with van der Waals surface area (Å²) in [6.45, 7) is 0. The van der Waals surface area contributed by atoms with Gasteiger partial charge in [-0.15, -0.1) is 0 Å². The molecule has 2 aromatic heterocycles. The highest BCUT2D eigenvalue weighted by Crippen LogP contribution is 2.14. The van der Waals surface area contributed by atoms with E-state index in [1.807, 2.05) is 0 Å². The standard InChI is InChI=1S/C12H12ClN3O3S/c13-8-1-2-11-15-10(6-16(11)5-8)12(17)14-9-3-4-20(18,19)7-9/h1-2,5-6,9H,3-4,7H2,(H,14,17)/t9-/m0/s1. The third-order valence-electron chi connectivity index (χ3n) is 3.22. The molecule has 2 aromatic rings. The van der Waals surface area contributed by atoms with Crippen molar-refractivity contribution in [3.8, 4) is 0 Å². The van der Waals surface area contributed by atoms with Crippen LogP contribution in [0.15, 0.2) is 24.5 Å². The molecule has 1 saturated heterocycles. The van der Waals surface area contributed by atoms with Gasteiger partial charge in [0, 0.05) is 18.4 Å². The van der Waals surface area contributed by atoms with Gasteiger partial charge in [-0.1, -0.05) is 11.6 Å². The van der Waals surface area contributed by atoms with Crippen molar-refractivity contribution in [1.29, 1.82) is 0 Å². The Hall–Kier alpha value is -1.60. The lowest BCUT2D eigenvalue weighted by molar-refractivity contribution is 0.0936.